The lowest BCUT2D eigenvalue weighted by Gasteiger charge is -2.31. The fourth-order valence-corrected chi connectivity index (χ4v) is 4.10. The second kappa shape index (κ2) is 8.26. The van der Waals surface area contributed by atoms with Crippen LogP contribution in [0, 0.1) is 19.8 Å². The zero-order valence-electron chi connectivity index (χ0n) is 17.6. The topological polar surface area (TPSA) is 77.3 Å². The maximum atomic E-state index is 12.7. The van der Waals surface area contributed by atoms with Crippen molar-refractivity contribution >= 4 is 22.7 Å². The minimum Gasteiger partial charge on any atom is -0.466 e. The fraction of sp³-hybridized carbons (Fsp3) is 0.391. The van der Waals surface area contributed by atoms with Crippen molar-refractivity contribution in [1.82, 2.24) is 19.7 Å². The summed E-state index contributed by atoms with van der Waals surface area (Å²) < 4.78 is 7.47. The van der Waals surface area contributed by atoms with Crippen molar-refractivity contribution in [3.05, 3.63) is 53.2 Å². The van der Waals surface area contributed by atoms with E-state index in [1.807, 2.05) is 57.3 Å². The first-order valence-electron chi connectivity index (χ1n) is 10.2. The van der Waals surface area contributed by atoms with E-state index < -0.39 is 0 Å². The molecule has 0 N–H and O–H groups in total. The minimum atomic E-state index is -0.0860. The number of aromatic nitrogens is 3. The number of pyridine rings is 1. The number of nitrogens with zero attached hydrogens (tertiary/aromatic N) is 4. The number of ether oxygens (including phenoxy) is 1. The van der Waals surface area contributed by atoms with Crippen LogP contribution in [0.1, 0.15) is 34.5 Å². The summed E-state index contributed by atoms with van der Waals surface area (Å²) in [6.07, 6.45) is 1.35. The highest BCUT2D eigenvalue weighted by atomic mass is 16.5. The van der Waals surface area contributed by atoms with Crippen molar-refractivity contribution in [2.75, 3.05) is 19.7 Å². The van der Waals surface area contributed by atoms with E-state index in [1.54, 1.807) is 9.58 Å². The van der Waals surface area contributed by atoms with E-state index in [0.29, 0.717) is 31.8 Å². The molecule has 0 saturated carbocycles. The number of carbonyl (C=O) groups excluding carboxylic acids is 2. The summed E-state index contributed by atoms with van der Waals surface area (Å²) >= 11 is 0. The van der Waals surface area contributed by atoms with Crippen LogP contribution in [0.4, 0.5) is 0 Å². The third-order valence-electron chi connectivity index (χ3n) is 5.70. The van der Waals surface area contributed by atoms with Crippen molar-refractivity contribution in [2.24, 2.45) is 13.0 Å². The zero-order chi connectivity index (χ0) is 21.3. The molecule has 0 atom stereocenters. The van der Waals surface area contributed by atoms with Gasteiger partial charge in [-0.15, -0.1) is 5.10 Å². The van der Waals surface area contributed by atoms with E-state index >= 15 is 0 Å². The molecule has 1 aliphatic heterocycles. The highest BCUT2D eigenvalue weighted by Gasteiger charge is 2.28. The number of fused-ring (bicyclic) bond motifs is 1. The Balaban J connectivity index is 1.36. The Bertz CT molecular complexity index is 1080. The van der Waals surface area contributed by atoms with Crippen LogP contribution in [0.25, 0.3) is 11.0 Å². The smallest absolute Gasteiger partial charge is 0.260 e. The van der Waals surface area contributed by atoms with Gasteiger partial charge in [0.2, 0.25) is 5.88 Å². The second-order valence-electron chi connectivity index (χ2n) is 7.88. The predicted octanol–water partition coefficient (Wildman–Crippen LogP) is 3.09. The Morgan fingerprint density at radius 2 is 1.83 bits per heavy atom. The Labute approximate surface area is 175 Å². The second-order valence-corrected chi connectivity index (χ2v) is 7.88. The monoisotopic (exact) mass is 406 g/mol. The van der Waals surface area contributed by atoms with E-state index in [0.717, 1.165) is 27.9 Å². The number of aryl methyl sites for hydroxylation is 3. The lowest BCUT2D eigenvalue weighted by molar-refractivity contribution is -0.134. The van der Waals surface area contributed by atoms with Crippen molar-refractivity contribution in [2.45, 2.75) is 26.7 Å². The third-order valence-corrected chi connectivity index (χ3v) is 5.70. The number of Topliss-reactive ketones (excluding diaryl/α,β-unsaturated/α-hetero) is 1. The molecule has 1 aromatic carbocycles. The summed E-state index contributed by atoms with van der Waals surface area (Å²) in [5.74, 6) is 0.475. The average molecular weight is 406 g/mol. The van der Waals surface area contributed by atoms with Crippen molar-refractivity contribution in [3.63, 3.8) is 0 Å². The van der Waals surface area contributed by atoms with Crippen LogP contribution in [0.2, 0.25) is 0 Å². The van der Waals surface area contributed by atoms with Crippen LogP contribution in [0.15, 0.2) is 36.4 Å². The van der Waals surface area contributed by atoms with E-state index in [-0.39, 0.29) is 24.2 Å². The van der Waals surface area contributed by atoms with Gasteiger partial charge in [0.1, 0.15) is 0 Å². The normalized spacial score (nSPS) is 14.8. The van der Waals surface area contributed by atoms with Gasteiger partial charge in [-0.3, -0.25) is 9.59 Å². The van der Waals surface area contributed by atoms with E-state index in [1.165, 1.54) is 0 Å². The molecule has 0 spiro atoms. The summed E-state index contributed by atoms with van der Waals surface area (Å²) in [7, 11) is 1.82. The standard InChI is InChI=1S/C23H26N4O3/c1-15-13-16(2)24-22-20(15)23(25-26(22)3)30-14-19(28)27-11-9-18(10-12-27)21(29)17-7-5-4-6-8-17/h4-8,13,18H,9-12,14H2,1-3H3. The van der Waals surface area contributed by atoms with E-state index in [9.17, 15) is 9.59 Å². The Hall–Kier alpha value is -3.22. The first-order valence-corrected chi connectivity index (χ1v) is 10.2. The number of hydrogen-bond donors (Lipinski definition) is 0. The van der Waals surface area contributed by atoms with Gasteiger partial charge in [0.15, 0.2) is 18.0 Å². The van der Waals surface area contributed by atoms with Crippen molar-refractivity contribution < 1.29 is 14.3 Å². The molecule has 0 radical (unpaired) electrons. The van der Waals surface area contributed by atoms with Crippen LogP contribution >= 0.6 is 0 Å². The molecule has 1 aliphatic rings. The van der Waals surface area contributed by atoms with Gasteiger partial charge in [-0.2, -0.15) is 0 Å². The Morgan fingerprint density at radius 3 is 2.53 bits per heavy atom. The molecule has 0 bridgehead atoms. The van der Waals surface area contributed by atoms with Gasteiger partial charge in [-0.25, -0.2) is 9.67 Å². The van der Waals surface area contributed by atoms with Gasteiger partial charge in [-0.05, 0) is 38.3 Å². The van der Waals surface area contributed by atoms with Crippen LogP contribution in [-0.2, 0) is 11.8 Å². The number of ketones is 1. The molecular formula is C23H26N4O3. The number of likely N-dealkylation sites (tertiary alicyclic amines) is 1. The van der Waals surface area contributed by atoms with Gasteiger partial charge < -0.3 is 9.64 Å². The van der Waals surface area contributed by atoms with Crippen LogP contribution in [0.5, 0.6) is 5.88 Å². The number of piperidine rings is 1. The van der Waals surface area contributed by atoms with Gasteiger partial charge in [0.25, 0.3) is 5.91 Å². The molecule has 3 heterocycles. The maximum absolute atomic E-state index is 12.7. The summed E-state index contributed by atoms with van der Waals surface area (Å²) in [5.41, 5.74) is 3.42. The van der Waals surface area contributed by atoms with Crippen LogP contribution in [-0.4, -0.2) is 51.1 Å². The fourth-order valence-electron chi connectivity index (χ4n) is 4.10. The highest BCUT2D eigenvalue weighted by Crippen LogP contribution is 2.27. The molecule has 3 aromatic rings. The van der Waals surface area contributed by atoms with Gasteiger partial charge in [-0.1, -0.05) is 30.3 Å². The maximum Gasteiger partial charge on any atom is 0.260 e. The number of benzene rings is 1. The van der Waals surface area contributed by atoms with E-state index in [2.05, 4.69) is 10.1 Å². The largest absolute Gasteiger partial charge is 0.466 e. The molecule has 156 valence electrons. The number of hydrogen-bond acceptors (Lipinski definition) is 5. The highest BCUT2D eigenvalue weighted by molar-refractivity contribution is 5.98. The van der Waals surface area contributed by atoms with Crippen molar-refractivity contribution in [1.29, 1.82) is 0 Å². The Morgan fingerprint density at radius 1 is 1.13 bits per heavy atom. The third kappa shape index (κ3) is 3.92. The molecule has 7 nitrogen and oxygen atoms in total. The molecule has 1 amide bonds. The van der Waals surface area contributed by atoms with E-state index in [4.69, 9.17) is 4.74 Å². The van der Waals surface area contributed by atoms with Gasteiger partial charge in [0.05, 0.1) is 5.39 Å². The summed E-state index contributed by atoms with van der Waals surface area (Å²) in [5, 5.41) is 5.23. The molecule has 30 heavy (non-hydrogen) atoms. The molecule has 2 aromatic heterocycles. The van der Waals surface area contributed by atoms with Crippen LogP contribution in [0.3, 0.4) is 0 Å². The van der Waals surface area contributed by atoms with Gasteiger partial charge >= 0.3 is 0 Å². The minimum absolute atomic E-state index is 0.0333. The number of amides is 1. The Kier molecular flexibility index (Phi) is 5.53. The molecule has 0 aliphatic carbocycles. The molecule has 1 fully saturated rings. The molecular weight excluding hydrogens is 380 g/mol. The number of rotatable bonds is 5. The molecule has 7 heteroatoms. The summed E-state index contributed by atoms with van der Waals surface area (Å²) in [6.45, 7) is 4.98. The van der Waals surface area contributed by atoms with Crippen molar-refractivity contribution in [3.8, 4) is 5.88 Å². The predicted molar refractivity (Wildman–Crippen MR) is 114 cm³/mol. The summed E-state index contributed by atoms with van der Waals surface area (Å²) in [4.78, 5) is 31.6. The molecule has 0 unspecified atom stereocenters. The van der Waals surface area contributed by atoms with Gasteiger partial charge in [0, 0.05) is 37.3 Å². The quantitative estimate of drug-likeness (QED) is 0.609. The zero-order valence-corrected chi connectivity index (χ0v) is 17.6. The molecule has 4 rings (SSSR count). The SMILES string of the molecule is Cc1cc(C)c2c(OCC(=O)N3CCC(C(=O)c4ccccc4)CC3)nn(C)c2n1. The summed E-state index contributed by atoms with van der Waals surface area (Å²) in [6, 6.07) is 11.3. The first kappa shape index (κ1) is 20.1. The lowest BCUT2D eigenvalue weighted by atomic mass is 9.89. The van der Waals surface area contributed by atoms with Crippen LogP contribution < -0.4 is 4.74 Å². The first-order chi connectivity index (χ1) is 14.4. The molecule has 1 saturated heterocycles. The lowest BCUT2D eigenvalue weighted by Crippen LogP contribution is -2.42. The average Bonchev–Trinajstić information content (AvgIpc) is 3.08. The number of carbonyl (C=O) groups is 2.